The monoisotopic (exact) mass is 216 g/mol. The summed E-state index contributed by atoms with van der Waals surface area (Å²) < 4.78 is 5.35. The van der Waals surface area contributed by atoms with Crippen LogP contribution in [0.4, 0.5) is 0 Å². The van der Waals surface area contributed by atoms with Crippen molar-refractivity contribution in [1.82, 2.24) is 0 Å². The largest absolute Gasteiger partial charge is 0.478 e. The molecule has 0 unspecified atom stereocenters. The molecule has 2 rings (SSSR count). The Morgan fingerprint density at radius 1 is 1.44 bits per heavy atom. The van der Waals surface area contributed by atoms with Crippen LogP contribution in [-0.4, -0.2) is 17.5 Å². The van der Waals surface area contributed by atoms with Crippen molar-refractivity contribution in [3.05, 3.63) is 29.3 Å². The van der Waals surface area contributed by atoms with Gasteiger partial charge in [0.2, 0.25) is 0 Å². The van der Waals surface area contributed by atoms with Gasteiger partial charge in [-0.25, -0.2) is 0 Å². The van der Waals surface area contributed by atoms with Crippen molar-refractivity contribution in [3.63, 3.8) is 0 Å². The van der Waals surface area contributed by atoms with E-state index in [1.54, 1.807) is 0 Å². The van der Waals surface area contributed by atoms with Gasteiger partial charge in [-0.2, -0.15) is 5.26 Å². The van der Waals surface area contributed by atoms with Crippen LogP contribution in [-0.2, 0) is 6.42 Å². The Kier molecular flexibility index (Phi) is 3.06. The lowest BCUT2D eigenvalue weighted by Crippen LogP contribution is -2.13. The highest BCUT2D eigenvalue weighted by Gasteiger charge is 2.19. The summed E-state index contributed by atoms with van der Waals surface area (Å²) in [6, 6.07) is 7.56. The van der Waals surface area contributed by atoms with Gasteiger partial charge in [0.1, 0.15) is 11.8 Å². The highest BCUT2D eigenvalue weighted by Crippen LogP contribution is 2.29. The normalized spacial score (nSPS) is 16.6. The van der Waals surface area contributed by atoms with Crippen molar-refractivity contribution < 1.29 is 9.94 Å². The van der Waals surface area contributed by atoms with Gasteiger partial charge in [-0.15, -0.1) is 0 Å². The van der Waals surface area contributed by atoms with Crippen LogP contribution in [0.25, 0.3) is 0 Å². The SMILES string of the molecule is N#CCOc1cccc2c1CCCC2=NO. The number of benzene rings is 1. The van der Waals surface area contributed by atoms with Crippen LogP contribution >= 0.6 is 0 Å². The van der Waals surface area contributed by atoms with E-state index in [0.717, 1.165) is 36.1 Å². The van der Waals surface area contributed by atoms with Crippen LogP contribution in [0.15, 0.2) is 23.4 Å². The Labute approximate surface area is 93.8 Å². The number of nitriles is 1. The molecule has 0 saturated heterocycles. The highest BCUT2D eigenvalue weighted by molar-refractivity contribution is 6.02. The lowest BCUT2D eigenvalue weighted by Gasteiger charge is -2.19. The number of hydrogen-bond donors (Lipinski definition) is 1. The molecule has 1 aromatic carbocycles. The zero-order valence-electron chi connectivity index (χ0n) is 8.81. The zero-order chi connectivity index (χ0) is 11.4. The minimum Gasteiger partial charge on any atom is -0.478 e. The summed E-state index contributed by atoms with van der Waals surface area (Å²) in [6.07, 6.45) is 2.63. The Morgan fingerprint density at radius 3 is 3.06 bits per heavy atom. The Bertz CT molecular complexity index is 461. The zero-order valence-corrected chi connectivity index (χ0v) is 8.81. The molecule has 0 amide bonds. The third-order valence-electron chi connectivity index (χ3n) is 2.70. The maximum atomic E-state index is 8.90. The molecule has 0 saturated carbocycles. The molecule has 82 valence electrons. The first kappa shape index (κ1) is 10.5. The second-order valence-corrected chi connectivity index (χ2v) is 3.63. The van der Waals surface area contributed by atoms with Gasteiger partial charge in [0.05, 0.1) is 5.71 Å². The summed E-state index contributed by atoms with van der Waals surface area (Å²) in [5, 5.41) is 20.7. The fourth-order valence-corrected chi connectivity index (χ4v) is 2.01. The number of oxime groups is 1. The highest BCUT2D eigenvalue weighted by atomic mass is 16.5. The maximum absolute atomic E-state index is 8.90. The molecule has 0 aliphatic heterocycles. The minimum atomic E-state index is 0.0437. The first-order chi connectivity index (χ1) is 7.86. The van der Waals surface area contributed by atoms with Gasteiger partial charge in [0.25, 0.3) is 0 Å². The standard InChI is InChI=1S/C12H12N2O2/c13-7-8-16-12-6-2-3-9-10(12)4-1-5-11(9)14-15/h2-3,6,15H,1,4-5,8H2. The van der Waals surface area contributed by atoms with Crippen molar-refractivity contribution in [1.29, 1.82) is 5.26 Å². The van der Waals surface area contributed by atoms with Gasteiger partial charge in [-0.1, -0.05) is 17.3 Å². The number of hydrogen-bond acceptors (Lipinski definition) is 4. The van der Waals surface area contributed by atoms with Gasteiger partial charge in [0, 0.05) is 11.1 Å². The molecule has 1 aliphatic rings. The summed E-state index contributed by atoms with van der Waals surface area (Å²) in [5.41, 5.74) is 2.67. The summed E-state index contributed by atoms with van der Waals surface area (Å²) in [4.78, 5) is 0. The van der Waals surface area contributed by atoms with E-state index < -0.39 is 0 Å². The van der Waals surface area contributed by atoms with Gasteiger partial charge in [0.15, 0.2) is 6.61 Å². The molecule has 0 bridgehead atoms. The molecule has 4 heteroatoms. The van der Waals surface area contributed by atoms with Gasteiger partial charge in [-0.3, -0.25) is 0 Å². The molecule has 1 aromatic rings. The molecule has 16 heavy (non-hydrogen) atoms. The molecule has 4 nitrogen and oxygen atoms in total. The Balaban J connectivity index is 2.39. The molecule has 1 N–H and O–H groups in total. The van der Waals surface area contributed by atoms with E-state index in [2.05, 4.69) is 5.16 Å². The number of fused-ring (bicyclic) bond motifs is 1. The summed E-state index contributed by atoms with van der Waals surface area (Å²) >= 11 is 0. The lowest BCUT2D eigenvalue weighted by molar-refractivity contribution is 0.317. The van der Waals surface area contributed by atoms with Crippen molar-refractivity contribution in [3.8, 4) is 11.8 Å². The summed E-state index contributed by atoms with van der Waals surface area (Å²) in [6.45, 7) is 0.0437. The van der Waals surface area contributed by atoms with Crippen LogP contribution in [0.5, 0.6) is 5.75 Å². The van der Waals surface area contributed by atoms with Crippen molar-refractivity contribution in [2.24, 2.45) is 5.16 Å². The summed E-state index contributed by atoms with van der Waals surface area (Å²) in [5.74, 6) is 0.722. The van der Waals surface area contributed by atoms with Crippen LogP contribution in [0, 0.1) is 11.3 Å². The minimum absolute atomic E-state index is 0.0437. The summed E-state index contributed by atoms with van der Waals surface area (Å²) in [7, 11) is 0. The molecule has 0 aromatic heterocycles. The first-order valence-corrected chi connectivity index (χ1v) is 5.19. The second kappa shape index (κ2) is 4.67. The van der Waals surface area contributed by atoms with Gasteiger partial charge < -0.3 is 9.94 Å². The molecule has 0 radical (unpaired) electrons. The number of nitrogens with zero attached hydrogens (tertiary/aromatic N) is 2. The van der Waals surface area contributed by atoms with Crippen LogP contribution < -0.4 is 4.74 Å². The topological polar surface area (TPSA) is 65.6 Å². The van der Waals surface area contributed by atoms with Crippen LogP contribution in [0.1, 0.15) is 24.0 Å². The van der Waals surface area contributed by atoms with Crippen molar-refractivity contribution in [2.45, 2.75) is 19.3 Å². The predicted octanol–water partition coefficient (Wildman–Crippen LogP) is 2.10. The molecule has 0 heterocycles. The van der Waals surface area contributed by atoms with Crippen LogP contribution in [0.3, 0.4) is 0 Å². The van der Waals surface area contributed by atoms with Crippen molar-refractivity contribution in [2.75, 3.05) is 6.61 Å². The molecule has 0 spiro atoms. The molecular weight excluding hydrogens is 204 g/mol. The first-order valence-electron chi connectivity index (χ1n) is 5.19. The quantitative estimate of drug-likeness (QED) is 0.608. The van der Waals surface area contributed by atoms with Gasteiger partial charge >= 0.3 is 0 Å². The average Bonchev–Trinajstić information content (AvgIpc) is 2.35. The maximum Gasteiger partial charge on any atom is 0.174 e. The van der Waals surface area contributed by atoms with Crippen molar-refractivity contribution >= 4 is 5.71 Å². The molecule has 0 fully saturated rings. The van der Waals surface area contributed by atoms with E-state index in [1.165, 1.54) is 0 Å². The average molecular weight is 216 g/mol. The fourth-order valence-electron chi connectivity index (χ4n) is 2.01. The fraction of sp³-hybridized carbons (Fsp3) is 0.333. The Morgan fingerprint density at radius 2 is 2.31 bits per heavy atom. The van der Waals surface area contributed by atoms with E-state index in [9.17, 15) is 0 Å². The smallest absolute Gasteiger partial charge is 0.174 e. The van der Waals surface area contributed by atoms with E-state index >= 15 is 0 Å². The molecule has 1 aliphatic carbocycles. The third kappa shape index (κ3) is 1.84. The molecular formula is C12H12N2O2. The van der Waals surface area contributed by atoms with E-state index in [4.69, 9.17) is 15.2 Å². The van der Waals surface area contributed by atoms with Crippen LogP contribution in [0.2, 0.25) is 0 Å². The predicted molar refractivity (Wildman–Crippen MR) is 58.8 cm³/mol. The van der Waals surface area contributed by atoms with E-state index in [-0.39, 0.29) is 6.61 Å². The lowest BCUT2D eigenvalue weighted by atomic mass is 9.89. The molecule has 0 atom stereocenters. The van der Waals surface area contributed by atoms with E-state index in [0.29, 0.717) is 5.71 Å². The Hall–Kier alpha value is -2.02. The van der Waals surface area contributed by atoms with Gasteiger partial charge in [-0.05, 0) is 25.3 Å². The third-order valence-corrected chi connectivity index (χ3v) is 2.70. The number of rotatable bonds is 2. The number of ether oxygens (including phenoxy) is 1. The second-order valence-electron chi connectivity index (χ2n) is 3.63. The van der Waals surface area contributed by atoms with E-state index in [1.807, 2.05) is 24.3 Å².